The maximum Gasteiger partial charge on any atom is 0.239 e. The molecule has 0 aliphatic heterocycles. The van der Waals surface area contributed by atoms with Crippen LogP contribution in [0.15, 0.2) is 24.3 Å². The van der Waals surface area contributed by atoms with Crippen molar-refractivity contribution in [2.45, 2.75) is 38.8 Å². The van der Waals surface area contributed by atoms with Crippen molar-refractivity contribution in [3.8, 4) is 0 Å². The molecule has 100 valence electrons. The van der Waals surface area contributed by atoms with E-state index in [1.165, 1.54) is 0 Å². The van der Waals surface area contributed by atoms with Gasteiger partial charge < -0.3 is 10.6 Å². The number of carbonyl (C=O) groups excluding carboxylic acids is 1. The molecule has 1 aromatic carbocycles. The lowest BCUT2D eigenvalue weighted by atomic mass is 10.1. The number of hydrogen-bond acceptors (Lipinski definition) is 2. The Kier molecular flexibility index (Phi) is 5.63. The van der Waals surface area contributed by atoms with Crippen LogP contribution in [0, 0.1) is 0 Å². The number of hydrogen-bond donors (Lipinski definition) is 1. The number of carbonyl (C=O) groups is 1. The Bertz CT molecular complexity index is 409. The van der Waals surface area contributed by atoms with Gasteiger partial charge in [0.2, 0.25) is 5.91 Å². The number of nitrogens with two attached hydrogens (primary N) is 1. The summed E-state index contributed by atoms with van der Waals surface area (Å²) in [4.78, 5) is 13.8. The molecule has 0 spiro atoms. The first-order chi connectivity index (χ1) is 8.49. The molecule has 0 saturated carbocycles. The Morgan fingerprint density at radius 1 is 1.44 bits per heavy atom. The number of halogens is 1. The van der Waals surface area contributed by atoms with Gasteiger partial charge in [0.25, 0.3) is 0 Å². The first-order valence-corrected chi connectivity index (χ1v) is 6.63. The molecule has 1 amide bonds. The van der Waals surface area contributed by atoms with Gasteiger partial charge in [0.15, 0.2) is 0 Å². The molecule has 4 heteroatoms. The van der Waals surface area contributed by atoms with Crippen LogP contribution < -0.4 is 5.73 Å². The van der Waals surface area contributed by atoms with E-state index in [2.05, 4.69) is 0 Å². The summed E-state index contributed by atoms with van der Waals surface area (Å²) in [6.45, 7) is 3.97. The SMILES string of the molecule is CCC[C@H](N)C(=O)N(C)C(C)c1ccccc1Cl. The molecule has 2 atom stereocenters. The van der Waals surface area contributed by atoms with Gasteiger partial charge in [0, 0.05) is 12.1 Å². The summed E-state index contributed by atoms with van der Waals surface area (Å²) >= 11 is 6.14. The predicted molar refractivity (Wildman–Crippen MR) is 75.5 cm³/mol. The van der Waals surface area contributed by atoms with Crippen LogP contribution >= 0.6 is 11.6 Å². The van der Waals surface area contributed by atoms with E-state index in [-0.39, 0.29) is 11.9 Å². The van der Waals surface area contributed by atoms with Crippen molar-refractivity contribution in [1.82, 2.24) is 4.90 Å². The van der Waals surface area contributed by atoms with Crippen LogP contribution in [0.4, 0.5) is 0 Å². The van der Waals surface area contributed by atoms with Crippen molar-refractivity contribution in [2.24, 2.45) is 5.73 Å². The quantitative estimate of drug-likeness (QED) is 0.892. The monoisotopic (exact) mass is 268 g/mol. The fraction of sp³-hybridized carbons (Fsp3) is 0.500. The van der Waals surface area contributed by atoms with Gasteiger partial charge in [-0.25, -0.2) is 0 Å². The van der Waals surface area contributed by atoms with E-state index in [1.807, 2.05) is 38.1 Å². The number of nitrogens with zero attached hydrogens (tertiary/aromatic N) is 1. The first-order valence-electron chi connectivity index (χ1n) is 6.25. The molecule has 0 aromatic heterocycles. The van der Waals surface area contributed by atoms with Crippen LogP contribution in [0.5, 0.6) is 0 Å². The molecule has 2 N–H and O–H groups in total. The number of likely N-dealkylation sites (N-methyl/N-ethyl adjacent to an activating group) is 1. The highest BCUT2D eigenvalue weighted by Crippen LogP contribution is 2.26. The average Bonchev–Trinajstić information content (AvgIpc) is 2.37. The van der Waals surface area contributed by atoms with Gasteiger partial charge >= 0.3 is 0 Å². The Morgan fingerprint density at radius 3 is 2.61 bits per heavy atom. The predicted octanol–water partition coefficient (Wildman–Crippen LogP) is 2.99. The summed E-state index contributed by atoms with van der Waals surface area (Å²) in [6, 6.07) is 7.06. The van der Waals surface area contributed by atoms with Gasteiger partial charge in [-0.2, -0.15) is 0 Å². The molecular formula is C14H21ClN2O. The number of amides is 1. The minimum atomic E-state index is -0.426. The highest BCUT2D eigenvalue weighted by Gasteiger charge is 2.23. The van der Waals surface area contributed by atoms with Gasteiger partial charge in [-0.3, -0.25) is 4.79 Å². The maximum atomic E-state index is 12.1. The normalized spacial score (nSPS) is 14.1. The lowest BCUT2D eigenvalue weighted by Crippen LogP contribution is -2.42. The second kappa shape index (κ2) is 6.76. The second-order valence-electron chi connectivity index (χ2n) is 4.54. The van der Waals surface area contributed by atoms with Crippen molar-refractivity contribution in [3.05, 3.63) is 34.9 Å². The standard InChI is InChI=1S/C14H21ClN2O/c1-4-7-13(16)14(18)17(3)10(2)11-8-5-6-9-12(11)15/h5-6,8-10,13H,4,7,16H2,1-3H3/t10?,13-/m0/s1. The summed E-state index contributed by atoms with van der Waals surface area (Å²) in [6.07, 6.45) is 1.61. The van der Waals surface area contributed by atoms with Gasteiger partial charge in [-0.1, -0.05) is 43.1 Å². The van der Waals surface area contributed by atoms with E-state index in [0.717, 1.165) is 12.0 Å². The third kappa shape index (κ3) is 3.47. The number of benzene rings is 1. The van der Waals surface area contributed by atoms with Gasteiger partial charge in [-0.15, -0.1) is 0 Å². The molecule has 0 bridgehead atoms. The van der Waals surface area contributed by atoms with Gasteiger partial charge in [-0.05, 0) is 25.0 Å². The molecule has 3 nitrogen and oxygen atoms in total. The van der Waals surface area contributed by atoms with Gasteiger partial charge in [0.1, 0.15) is 0 Å². The lowest BCUT2D eigenvalue weighted by molar-refractivity contribution is -0.133. The summed E-state index contributed by atoms with van der Waals surface area (Å²) in [5.41, 5.74) is 6.80. The van der Waals surface area contributed by atoms with Crippen molar-refractivity contribution in [1.29, 1.82) is 0 Å². The van der Waals surface area contributed by atoms with E-state index < -0.39 is 6.04 Å². The third-order valence-corrected chi connectivity index (χ3v) is 3.54. The summed E-state index contributed by atoms with van der Waals surface area (Å²) < 4.78 is 0. The zero-order valence-corrected chi connectivity index (χ0v) is 11.9. The third-order valence-electron chi connectivity index (χ3n) is 3.20. The highest BCUT2D eigenvalue weighted by molar-refractivity contribution is 6.31. The minimum absolute atomic E-state index is 0.0377. The molecule has 0 aliphatic carbocycles. The van der Waals surface area contributed by atoms with E-state index >= 15 is 0 Å². The molecule has 0 saturated heterocycles. The largest absolute Gasteiger partial charge is 0.338 e. The van der Waals surface area contributed by atoms with Crippen LogP contribution in [0.2, 0.25) is 5.02 Å². The summed E-state index contributed by atoms with van der Waals surface area (Å²) in [7, 11) is 1.77. The zero-order valence-electron chi connectivity index (χ0n) is 11.2. The molecule has 1 aromatic rings. The minimum Gasteiger partial charge on any atom is -0.338 e. The molecular weight excluding hydrogens is 248 g/mol. The van der Waals surface area contributed by atoms with E-state index in [9.17, 15) is 4.79 Å². The Morgan fingerprint density at radius 2 is 2.06 bits per heavy atom. The van der Waals surface area contributed by atoms with E-state index in [0.29, 0.717) is 11.4 Å². The van der Waals surface area contributed by atoms with Crippen molar-refractivity contribution < 1.29 is 4.79 Å². The van der Waals surface area contributed by atoms with Crippen LogP contribution in [-0.2, 0) is 4.79 Å². The Balaban J connectivity index is 2.81. The molecule has 1 rings (SSSR count). The number of rotatable bonds is 5. The molecule has 1 unspecified atom stereocenters. The second-order valence-corrected chi connectivity index (χ2v) is 4.95. The van der Waals surface area contributed by atoms with Crippen molar-refractivity contribution in [3.63, 3.8) is 0 Å². The molecule has 0 radical (unpaired) electrons. The Hall–Kier alpha value is -1.06. The maximum absolute atomic E-state index is 12.1. The first kappa shape index (κ1) is 15.0. The molecule has 0 fully saturated rings. The average molecular weight is 269 g/mol. The van der Waals surface area contributed by atoms with Crippen molar-refractivity contribution in [2.75, 3.05) is 7.05 Å². The fourth-order valence-electron chi connectivity index (χ4n) is 1.91. The molecule has 18 heavy (non-hydrogen) atoms. The fourth-order valence-corrected chi connectivity index (χ4v) is 2.20. The highest BCUT2D eigenvalue weighted by atomic mass is 35.5. The summed E-state index contributed by atoms with van der Waals surface area (Å²) in [5.74, 6) is -0.0377. The topological polar surface area (TPSA) is 46.3 Å². The Labute approximate surface area is 114 Å². The van der Waals surface area contributed by atoms with Gasteiger partial charge in [0.05, 0.1) is 12.1 Å². The smallest absolute Gasteiger partial charge is 0.239 e. The van der Waals surface area contributed by atoms with Crippen LogP contribution in [0.1, 0.15) is 38.3 Å². The van der Waals surface area contributed by atoms with Crippen LogP contribution in [-0.4, -0.2) is 23.9 Å². The van der Waals surface area contributed by atoms with Crippen molar-refractivity contribution >= 4 is 17.5 Å². The van der Waals surface area contributed by atoms with Crippen LogP contribution in [0.25, 0.3) is 0 Å². The summed E-state index contributed by atoms with van der Waals surface area (Å²) in [5, 5.41) is 0.675. The molecule has 0 aliphatic rings. The van der Waals surface area contributed by atoms with Crippen LogP contribution in [0.3, 0.4) is 0 Å². The van der Waals surface area contributed by atoms with E-state index in [4.69, 9.17) is 17.3 Å². The van der Waals surface area contributed by atoms with E-state index in [1.54, 1.807) is 11.9 Å². The zero-order chi connectivity index (χ0) is 13.7. The lowest BCUT2D eigenvalue weighted by Gasteiger charge is -2.28. The molecule has 0 heterocycles.